The van der Waals surface area contributed by atoms with Crippen molar-refractivity contribution in [2.45, 2.75) is 6.42 Å². The van der Waals surface area contributed by atoms with E-state index in [0.717, 1.165) is 6.42 Å². The quantitative estimate of drug-likeness (QED) is 0.656. The molecular formula is C17H16. The Balaban J connectivity index is 2.33. The molecule has 0 nitrogen and oxygen atoms in total. The summed E-state index contributed by atoms with van der Waals surface area (Å²) in [6.45, 7) is 7.54. The van der Waals surface area contributed by atoms with Crippen molar-refractivity contribution < 1.29 is 0 Å². The Kier molecular flexibility index (Phi) is 3.56. The summed E-state index contributed by atoms with van der Waals surface area (Å²) in [6, 6.07) is 15.0. The molecule has 0 spiro atoms. The average Bonchev–Trinajstić information content (AvgIpc) is 2.38. The van der Waals surface area contributed by atoms with Crippen LogP contribution in [0.4, 0.5) is 0 Å². The third-order valence-electron chi connectivity index (χ3n) is 2.82. The lowest BCUT2D eigenvalue weighted by molar-refractivity contribution is 1.21. The first-order chi connectivity index (χ1) is 8.33. The Labute approximate surface area is 103 Å². The van der Waals surface area contributed by atoms with Crippen LogP contribution in [0.15, 0.2) is 79.4 Å². The molecule has 0 aliphatic heterocycles. The number of hydrogen-bond donors (Lipinski definition) is 0. The predicted octanol–water partition coefficient (Wildman–Crippen LogP) is 4.68. The molecule has 0 bridgehead atoms. The lowest BCUT2D eigenvalue weighted by atomic mass is 10.0. The minimum Gasteiger partial charge on any atom is -0.0991 e. The first kappa shape index (κ1) is 11.4. The summed E-state index contributed by atoms with van der Waals surface area (Å²) in [5.41, 5.74) is 2.49. The third-order valence-corrected chi connectivity index (χ3v) is 2.82. The highest BCUT2D eigenvalue weighted by atomic mass is 14.0. The fraction of sp³-hybridized carbons (Fsp3) is 0.0588. The van der Waals surface area contributed by atoms with Crippen LogP contribution in [0.3, 0.4) is 0 Å². The number of hydrogen-bond acceptors (Lipinski definition) is 0. The van der Waals surface area contributed by atoms with Crippen LogP contribution in [0.1, 0.15) is 5.56 Å². The van der Waals surface area contributed by atoms with Crippen molar-refractivity contribution in [3.05, 3.63) is 85.0 Å². The van der Waals surface area contributed by atoms with E-state index in [1.807, 2.05) is 12.2 Å². The molecule has 0 saturated carbocycles. The molecular weight excluding hydrogens is 204 g/mol. The average molecular weight is 220 g/mol. The number of fused-ring (bicyclic) bond motifs is 1. The lowest BCUT2D eigenvalue weighted by Gasteiger charge is -2.04. The molecule has 17 heavy (non-hydrogen) atoms. The van der Waals surface area contributed by atoms with E-state index in [1.54, 1.807) is 6.08 Å². The Hall–Kier alpha value is -2.08. The van der Waals surface area contributed by atoms with Crippen LogP contribution in [0.2, 0.25) is 0 Å². The van der Waals surface area contributed by atoms with Crippen molar-refractivity contribution in [2.24, 2.45) is 0 Å². The van der Waals surface area contributed by atoms with Gasteiger partial charge in [0, 0.05) is 0 Å². The van der Waals surface area contributed by atoms with E-state index >= 15 is 0 Å². The minimum atomic E-state index is 0.903. The Morgan fingerprint density at radius 1 is 1.00 bits per heavy atom. The zero-order chi connectivity index (χ0) is 12.1. The van der Waals surface area contributed by atoms with Gasteiger partial charge in [-0.1, -0.05) is 73.9 Å². The zero-order valence-electron chi connectivity index (χ0n) is 9.89. The van der Waals surface area contributed by atoms with E-state index < -0.39 is 0 Å². The van der Waals surface area contributed by atoms with Gasteiger partial charge >= 0.3 is 0 Å². The zero-order valence-corrected chi connectivity index (χ0v) is 9.89. The lowest BCUT2D eigenvalue weighted by Crippen LogP contribution is -1.87. The molecule has 2 aromatic carbocycles. The van der Waals surface area contributed by atoms with Gasteiger partial charge in [0.1, 0.15) is 0 Å². The Bertz CT molecular complexity index is 573. The van der Waals surface area contributed by atoms with Crippen LogP contribution < -0.4 is 0 Å². The van der Waals surface area contributed by atoms with Gasteiger partial charge in [0.25, 0.3) is 0 Å². The highest BCUT2D eigenvalue weighted by Gasteiger charge is 1.98. The van der Waals surface area contributed by atoms with Crippen LogP contribution >= 0.6 is 0 Å². The topological polar surface area (TPSA) is 0 Å². The molecule has 2 rings (SSSR count). The summed E-state index contributed by atoms with van der Waals surface area (Å²) in [4.78, 5) is 0. The molecule has 0 N–H and O–H groups in total. The molecule has 0 aromatic heterocycles. The molecule has 2 aromatic rings. The van der Waals surface area contributed by atoms with Crippen molar-refractivity contribution >= 4 is 10.8 Å². The van der Waals surface area contributed by atoms with Gasteiger partial charge in [0.2, 0.25) is 0 Å². The van der Waals surface area contributed by atoms with Crippen LogP contribution in [-0.2, 0) is 6.42 Å². The molecule has 0 amide bonds. The highest BCUT2D eigenvalue weighted by Crippen LogP contribution is 2.18. The van der Waals surface area contributed by atoms with E-state index in [4.69, 9.17) is 0 Å². The summed E-state index contributed by atoms with van der Waals surface area (Å²) in [5, 5.41) is 2.57. The molecule has 0 heteroatoms. The number of rotatable bonds is 4. The molecule has 0 radical (unpaired) electrons. The van der Waals surface area contributed by atoms with Crippen LogP contribution in [0.25, 0.3) is 10.8 Å². The van der Waals surface area contributed by atoms with Gasteiger partial charge in [-0.3, -0.25) is 0 Å². The summed E-state index contributed by atoms with van der Waals surface area (Å²) in [6.07, 6.45) is 6.59. The monoisotopic (exact) mass is 220 g/mol. The Morgan fingerprint density at radius 2 is 1.76 bits per heavy atom. The first-order valence-corrected chi connectivity index (χ1v) is 5.75. The second kappa shape index (κ2) is 5.31. The molecule has 84 valence electrons. The maximum Gasteiger partial charge on any atom is -0.00258 e. The van der Waals surface area contributed by atoms with Crippen molar-refractivity contribution in [2.75, 3.05) is 0 Å². The SMILES string of the molecule is C=C/C=C(\C=C)Cc1ccc2ccccc2c1. The third kappa shape index (κ3) is 2.73. The molecule has 0 unspecified atom stereocenters. The second-order valence-corrected chi connectivity index (χ2v) is 4.04. The summed E-state index contributed by atoms with van der Waals surface area (Å²) < 4.78 is 0. The van der Waals surface area contributed by atoms with Crippen molar-refractivity contribution in [3.63, 3.8) is 0 Å². The van der Waals surface area contributed by atoms with Gasteiger partial charge in [0.15, 0.2) is 0 Å². The fourth-order valence-electron chi connectivity index (χ4n) is 1.93. The van der Waals surface area contributed by atoms with Crippen LogP contribution in [0.5, 0.6) is 0 Å². The summed E-state index contributed by atoms with van der Waals surface area (Å²) in [7, 11) is 0. The van der Waals surface area contributed by atoms with Gasteiger partial charge in [-0.25, -0.2) is 0 Å². The van der Waals surface area contributed by atoms with Gasteiger partial charge in [-0.05, 0) is 28.3 Å². The Morgan fingerprint density at radius 3 is 2.47 bits per heavy atom. The molecule has 0 aliphatic carbocycles. The van der Waals surface area contributed by atoms with Crippen molar-refractivity contribution in [3.8, 4) is 0 Å². The number of benzene rings is 2. The fourth-order valence-corrected chi connectivity index (χ4v) is 1.93. The van der Waals surface area contributed by atoms with E-state index in [-0.39, 0.29) is 0 Å². The van der Waals surface area contributed by atoms with Gasteiger partial charge in [-0.2, -0.15) is 0 Å². The van der Waals surface area contributed by atoms with E-state index in [2.05, 4.69) is 55.6 Å². The maximum absolute atomic E-state index is 3.82. The predicted molar refractivity (Wildman–Crippen MR) is 76.1 cm³/mol. The smallest absolute Gasteiger partial charge is 0.00258 e. The van der Waals surface area contributed by atoms with E-state index in [0.29, 0.717) is 0 Å². The number of allylic oxidation sites excluding steroid dienone is 4. The van der Waals surface area contributed by atoms with Crippen molar-refractivity contribution in [1.82, 2.24) is 0 Å². The second-order valence-electron chi connectivity index (χ2n) is 4.04. The van der Waals surface area contributed by atoms with Crippen LogP contribution in [-0.4, -0.2) is 0 Å². The first-order valence-electron chi connectivity index (χ1n) is 5.75. The van der Waals surface area contributed by atoms with E-state index in [1.165, 1.54) is 21.9 Å². The molecule has 0 saturated heterocycles. The largest absolute Gasteiger partial charge is 0.0991 e. The molecule has 0 aliphatic rings. The molecule has 0 fully saturated rings. The van der Waals surface area contributed by atoms with Gasteiger partial charge < -0.3 is 0 Å². The van der Waals surface area contributed by atoms with Gasteiger partial charge in [0.05, 0.1) is 0 Å². The van der Waals surface area contributed by atoms with Gasteiger partial charge in [-0.15, -0.1) is 0 Å². The highest BCUT2D eigenvalue weighted by molar-refractivity contribution is 5.83. The maximum atomic E-state index is 3.82. The molecule has 0 heterocycles. The van der Waals surface area contributed by atoms with Crippen LogP contribution in [0, 0.1) is 0 Å². The summed E-state index contributed by atoms with van der Waals surface area (Å²) >= 11 is 0. The normalized spacial score (nSPS) is 11.4. The van der Waals surface area contributed by atoms with Crippen molar-refractivity contribution in [1.29, 1.82) is 0 Å². The van der Waals surface area contributed by atoms with E-state index in [9.17, 15) is 0 Å². The minimum absolute atomic E-state index is 0.903. The standard InChI is InChI=1S/C17H16/c1-3-7-14(4-2)12-15-10-11-16-8-5-6-9-17(16)13-15/h3-11,13H,1-2,12H2/b14-7+. The summed E-state index contributed by atoms with van der Waals surface area (Å²) in [5.74, 6) is 0. The molecule has 0 atom stereocenters.